The minimum absolute atomic E-state index is 0.0337. The first-order chi connectivity index (χ1) is 17.3. The number of nitrogens with one attached hydrogen (secondary N) is 1. The molecule has 2 aromatic carbocycles. The Hall–Kier alpha value is -2.74. The van der Waals surface area contributed by atoms with Crippen molar-refractivity contribution < 1.29 is 28.9 Å². The Kier molecular flexibility index (Phi) is 10.0. The van der Waals surface area contributed by atoms with E-state index in [2.05, 4.69) is 5.32 Å². The summed E-state index contributed by atoms with van der Waals surface area (Å²) in [4.78, 5) is 24.7. The molecular weight excluding hydrogens is 505 g/mol. The Labute approximate surface area is 221 Å². The lowest BCUT2D eigenvalue weighted by Gasteiger charge is -2.28. The highest BCUT2D eigenvalue weighted by Crippen LogP contribution is 2.40. The molecule has 0 heterocycles. The van der Waals surface area contributed by atoms with Gasteiger partial charge in [-0.3, -0.25) is 4.79 Å². The quantitative estimate of drug-likeness (QED) is 0.348. The average Bonchev–Trinajstić information content (AvgIpc) is 2.83. The second-order valence-corrected chi connectivity index (χ2v) is 9.53. The van der Waals surface area contributed by atoms with Crippen LogP contribution in [0.5, 0.6) is 11.5 Å². The number of carbonyl (C=O) groups excluding carboxylic acids is 1. The third kappa shape index (κ3) is 6.72. The molecule has 194 valence electrons. The summed E-state index contributed by atoms with van der Waals surface area (Å²) < 4.78 is 16.6. The van der Waals surface area contributed by atoms with Crippen molar-refractivity contribution in [2.45, 2.75) is 45.3 Å². The van der Waals surface area contributed by atoms with Crippen molar-refractivity contribution in [2.75, 3.05) is 20.8 Å². The van der Waals surface area contributed by atoms with Gasteiger partial charge in [0.25, 0.3) is 5.91 Å². The van der Waals surface area contributed by atoms with Crippen LogP contribution in [0.25, 0.3) is 11.1 Å². The van der Waals surface area contributed by atoms with E-state index in [1.165, 1.54) is 0 Å². The number of rotatable bonds is 12. The molecule has 1 amide bonds. The van der Waals surface area contributed by atoms with Crippen LogP contribution in [-0.2, 0) is 27.4 Å². The Morgan fingerprint density at radius 2 is 1.67 bits per heavy atom. The van der Waals surface area contributed by atoms with Crippen LogP contribution < -0.4 is 14.8 Å². The highest BCUT2D eigenvalue weighted by atomic mass is 35.5. The maximum absolute atomic E-state index is 12.8. The molecule has 0 unspecified atom stereocenters. The first-order valence-corrected chi connectivity index (χ1v) is 12.5. The third-order valence-corrected chi connectivity index (χ3v) is 6.69. The highest BCUT2D eigenvalue weighted by molar-refractivity contribution is 6.57. The van der Waals surface area contributed by atoms with Gasteiger partial charge in [0.15, 0.2) is 0 Å². The topological polar surface area (TPSA) is 94.1 Å². The number of hydrogen-bond donors (Lipinski definition) is 2. The minimum atomic E-state index is -1.14. The van der Waals surface area contributed by atoms with Gasteiger partial charge in [-0.15, -0.1) is 0 Å². The van der Waals surface area contributed by atoms with Gasteiger partial charge in [-0.05, 0) is 54.5 Å². The Bertz CT molecular complexity index is 1080. The van der Waals surface area contributed by atoms with E-state index in [-0.39, 0.29) is 22.4 Å². The van der Waals surface area contributed by atoms with Gasteiger partial charge in [0, 0.05) is 13.0 Å². The van der Waals surface area contributed by atoms with Crippen molar-refractivity contribution in [1.82, 2.24) is 5.32 Å². The summed E-state index contributed by atoms with van der Waals surface area (Å²) >= 11 is 11.9. The zero-order valence-corrected chi connectivity index (χ0v) is 22.1. The van der Waals surface area contributed by atoms with Crippen LogP contribution in [0.1, 0.15) is 37.3 Å². The molecule has 0 aliphatic heterocycles. The van der Waals surface area contributed by atoms with Gasteiger partial charge in [-0.2, -0.15) is 0 Å². The van der Waals surface area contributed by atoms with E-state index < -0.39 is 17.9 Å². The number of hydrogen-bond acceptors (Lipinski definition) is 5. The number of benzene rings is 2. The SMILES string of the molecule is CCOCc1cc(OC)c(-c2ccc(C[C@H](NC(=O)C(=C(Cl)Cl)C3CCC3)C(=O)O)cc2)c(OC)c1. The standard InChI is InChI=1S/C27H31Cl2NO6/c1-4-36-15-17-13-21(34-2)23(22(14-17)35-3)19-10-8-16(9-11-19)12-20(27(32)33)30-26(31)24(25(28)29)18-6-5-7-18/h8-11,13-14,18,20H,4-7,12,15H2,1-3H3,(H,30,31)(H,32,33)/t20-/m0/s1. The summed E-state index contributed by atoms with van der Waals surface area (Å²) in [5, 5.41) is 12.3. The molecule has 2 N–H and O–H groups in total. The normalized spacial score (nSPS) is 13.9. The molecule has 0 aromatic heterocycles. The maximum Gasteiger partial charge on any atom is 0.326 e. The highest BCUT2D eigenvalue weighted by Gasteiger charge is 2.31. The predicted molar refractivity (Wildman–Crippen MR) is 140 cm³/mol. The lowest BCUT2D eigenvalue weighted by molar-refractivity contribution is -0.141. The molecule has 1 aliphatic carbocycles. The smallest absolute Gasteiger partial charge is 0.326 e. The second-order valence-electron chi connectivity index (χ2n) is 8.58. The number of carboxylic acid groups (broad SMARTS) is 1. The lowest BCUT2D eigenvalue weighted by Crippen LogP contribution is -2.44. The van der Waals surface area contributed by atoms with E-state index in [9.17, 15) is 14.7 Å². The van der Waals surface area contributed by atoms with Gasteiger partial charge in [0.2, 0.25) is 0 Å². The largest absolute Gasteiger partial charge is 0.496 e. The van der Waals surface area contributed by atoms with Crippen molar-refractivity contribution in [3.8, 4) is 22.6 Å². The summed E-state index contributed by atoms with van der Waals surface area (Å²) in [6.45, 7) is 2.97. The molecule has 1 aliphatic rings. The number of ether oxygens (including phenoxy) is 3. The summed E-state index contributed by atoms with van der Waals surface area (Å²) in [6, 6.07) is 10.1. The number of carbonyl (C=O) groups is 2. The van der Waals surface area contributed by atoms with Crippen LogP contribution in [0, 0.1) is 5.92 Å². The molecule has 0 bridgehead atoms. The second kappa shape index (κ2) is 13.0. The summed E-state index contributed by atoms with van der Waals surface area (Å²) in [5.41, 5.74) is 3.55. The molecule has 9 heteroatoms. The van der Waals surface area contributed by atoms with E-state index >= 15 is 0 Å². The first kappa shape index (κ1) is 27.8. The Morgan fingerprint density at radius 1 is 1.06 bits per heavy atom. The fraction of sp³-hybridized carbons (Fsp3) is 0.407. The van der Waals surface area contributed by atoms with Gasteiger partial charge in [-0.1, -0.05) is 53.9 Å². The van der Waals surface area contributed by atoms with Gasteiger partial charge in [-0.25, -0.2) is 4.79 Å². The molecule has 3 rings (SSSR count). The van der Waals surface area contributed by atoms with E-state index in [0.29, 0.717) is 24.7 Å². The number of halogens is 2. The number of methoxy groups -OCH3 is 2. The van der Waals surface area contributed by atoms with Crippen LogP contribution in [-0.4, -0.2) is 43.9 Å². The molecule has 0 spiro atoms. The molecular formula is C27H31Cl2NO6. The minimum Gasteiger partial charge on any atom is -0.496 e. The summed E-state index contributed by atoms with van der Waals surface area (Å²) in [7, 11) is 3.19. The zero-order valence-electron chi connectivity index (χ0n) is 20.6. The Balaban J connectivity index is 1.80. The lowest BCUT2D eigenvalue weighted by atomic mass is 9.80. The average molecular weight is 536 g/mol. The van der Waals surface area contributed by atoms with Crippen LogP contribution in [0.4, 0.5) is 0 Å². The van der Waals surface area contributed by atoms with Crippen molar-refractivity contribution in [1.29, 1.82) is 0 Å². The summed E-state index contributed by atoms with van der Waals surface area (Å²) in [5.74, 6) is -0.431. The third-order valence-electron chi connectivity index (χ3n) is 6.29. The molecule has 36 heavy (non-hydrogen) atoms. The predicted octanol–water partition coefficient (Wildman–Crippen LogP) is 5.51. The number of aliphatic carboxylic acids is 1. The molecule has 7 nitrogen and oxygen atoms in total. The van der Waals surface area contributed by atoms with Crippen LogP contribution >= 0.6 is 23.2 Å². The van der Waals surface area contributed by atoms with E-state index in [0.717, 1.165) is 41.5 Å². The van der Waals surface area contributed by atoms with E-state index in [1.807, 2.05) is 43.3 Å². The molecule has 0 saturated heterocycles. The van der Waals surface area contributed by atoms with Gasteiger partial charge in [0.1, 0.15) is 22.0 Å². The van der Waals surface area contributed by atoms with Gasteiger partial charge in [0.05, 0.1) is 32.0 Å². The van der Waals surface area contributed by atoms with Crippen LogP contribution in [0.15, 0.2) is 46.5 Å². The summed E-state index contributed by atoms with van der Waals surface area (Å²) in [6.07, 6.45) is 2.71. The molecule has 1 saturated carbocycles. The van der Waals surface area contributed by atoms with Crippen LogP contribution in [0.3, 0.4) is 0 Å². The van der Waals surface area contributed by atoms with Crippen molar-refractivity contribution in [3.63, 3.8) is 0 Å². The zero-order chi connectivity index (χ0) is 26.2. The molecule has 0 radical (unpaired) electrons. The van der Waals surface area contributed by atoms with Crippen molar-refractivity contribution in [3.05, 3.63) is 57.6 Å². The first-order valence-electron chi connectivity index (χ1n) is 11.8. The molecule has 1 fully saturated rings. The van der Waals surface area contributed by atoms with Crippen molar-refractivity contribution in [2.24, 2.45) is 5.92 Å². The number of carboxylic acids is 1. The van der Waals surface area contributed by atoms with E-state index in [1.54, 1.807) is 14.2 Å². The fourth-order valence-corrected chi connectivity index (χ4v) is 4.64. The van der Waals surface area contributed by atoms with Crippen molar-refractivity contribution >= 4 is 35.1 Å². The number of amides is 1. The Morgan fingerprint density at radius 3 is 2.11 bits per heavy atom. The molecule has 2 aromatic rings. The molecule has 1 atom stereocenters. The van der Waals surface area contributed by atoms with Crippen LogP contribution in [0.2, 0.25) is 0 Å². The van der Waals surface area contributed by atoms with E-state index in [4.69, 9.17) is 37.4 Å². The fourth-order valence-electron chi connectivity index (χ4n) is 4.16. The maximum atomic E-state index is 12.8. The monoisotopic (exact) mass is 535 g/mol. The van der Waals surface area contributed by atoms with Gasteiger partial charge < -0.3 is 24.6 Å². The van der Waals surface area contributed by atoms with Gasteiger partial charge >= 0.3 is 5.97 Å².